The molecule has 1 saturated heterocycles. The number of benzene rings is 2. The SMILES string of the molecule is O=C(OCc1c(F)cccc1Cl)c1ccccc1S[C@@H]1CCS(=O)(=O)C1. The molecule has 4 nitrogen and oxygen atoms in total. The van der Waals surface area contributed by atoms with E-state index in [0.717, 1.165) is 0 Å². The summed E-state index contributed by atoms with van der Waals surface area (Å²) in [5.41, 5.74) is 0.448. The summed E-state index contributed by atoms with van der Waals surface area (Å²) < 4.78 is 42.3. The fraction of sp³-hybridized carbons (Fsp3) is 0.278. The van der Waals surface area contributed by atoms with Gasteiger partial charge in [-0.1, -0.05) is 29.8 Å². The van der Waals surface area contributed by atoms with Crippen LogP contribution in [0.1, 0.15) is 22.3 Å². The fourth-order valence-electron chi connectivity index (χ4n) is 2.66. The molecule has 0 spiro atoms. The van der Waals surface area contributed by atoms with E-state index in [0.29, 0.717) is 16.9 Å². The van der Waals surface area contributed by atoms with Crippen molar-refractivity contribution >= 4 is 39.2 Å². The van der Waals surface area contributed by atoms with Gasteiger partial charge in [0.25, 0.3) is 0 Å². The van der Waals surface area contributed by atoms with Crippen LogP contribution in [0.5, 0.6) is 0 Å². The lowest BCUT2D eigenvalue weighted by Crippen LogP contribution is -2.10. The van der Waals surface area contributed by atoms with Crippen molar-refractivity contribution in [1.82, 2.24) is 0 Å². The molecule has 1 fully saturated rings. The summed E-state index contributed by atoms with van der Waals surface area (Å²) in [5, 5.41) is 0.103. The molecule has 1 atom stereocenters. The number of ether oxygens (including phenoxy) is 1. The second-order valence-electron chi connectivity index (χ2n) is 5.92. The number of carbonyl (C=O) groups excluding carboxylic acids is 1. The maximum atomic E-state index is 13.8. The van der Waals surface area contributed by atoms with Gasteiger partial charge in [-0.15, -0.1) is 11.8 Å². The molecule has 0 bridgehead atoms. The van der Waals surface area contributed by atoms with Gasteiger partial charge in [-0.05, 0) is 30.7 Å². The third-order valence-corrected chi connectivity index (χ3v) is 7.68. The quantitative estimate of drug-likeness (QED) is 0.689. The Bertz CT molecular complexity index is 910. The molecule has 0 unspecified atom stereocenters. The van der Waals surface area contributed by atoms with E-state index in [2.05, 4.69) is 0 Å². The van der Waals surface area contributed by atoms with Crippen LogP contribution in [0.3, 0.4) is 0 Å². The van der Waals surface area contributed by atoms with Crippen molar-refractivity contribution < 1.29 is 22.3 Å². The van der Waals surface area contributed by atoms with Crippen LogP contribution in [-0.2, 0) is 21.2 Å². The van der Waals surface area contributed by atoms with Crippen LogP contribution in [0.2, 0.25) is 5.02 Å². The van der Waals surface area contributed by atoms with E-state index in [9.17, 15) is 17.6 Å². The molecule has 0 saturated carbocycles. The highest BCUT2D eigenvalue weighted by molar-refractivity contribution is 8.02. The Balaban J connectivity index is 1.72. The van der Waals surface area contributed by atoms with Crippen LogP contribution in [0.15, 0.2) is 47.4 Å². The minimum absolute atomic E-state index is 0.0880. The zero-order valence-electron chi connectivity index (χ0n) is 13.7. The number of sulfone groups is 1. The highest BCUT2D eigenvalue weighted by Crippen LogP contribution is 2.33. The van der Waals surface area contributed by atoms with Gasteiger partial charge in [-0.3, -0.25) is 0 Å². The molecule has 1 heterocycles. The number of esters is 1. The summed E-state index contributed by atoms with van der Waals surface area (Å²) in [5.74, 6) is -0.869. The second-order valence-corrected chi connectivity index (χ2v) is 9.89. The monoisotopic (exact) mass is 414 g/mol. The van der Waals surface area contributed by atoms with Gasteiger partial charge >= 0.3 is 5.97 Å². The minimum Gasteiger partial charge on any atom is -0.457 e. The summed E-state index contributed by atoms with van der Waals surface area (Å²) in [7, 11) is -3.00. The Hall–Kier alpha value is -1.57. The van der Waals surface area contributed by atoms with Gasteiger partial charge in [0.05, 0.1) is 22.1 Å². The first-order chi connectivity index (χ1) is 12.4. The van der Waals surface area contributed by atoms with E-state index in [1.165, 1.54) is 30.0 Å². The third-order valence-electron chi connectivity index (χ3n) is 4.00. The van der Waals surface area contributed by atoms with Gasteiger partial charge in [-0.2, -0.15) is 0 Å². The summed E-state index contributed by atoms with van der Waals surface area (Å²) >= 11 is 7.29. The van der Waals surface area contributed by atoms with Crippen LogP contribution >= 0.6 is 23.4 Å². The molecule has 0 N–H and O–H groups in total. The Labute approximate surface area is 160 Å². The summed E-state index contributed by atoms with van der Waals surface area (Å²) in [4.78, 5) is 13.1. The number of hydrogen-bond donors (Lipinski definition) is 0. The Morgan fingerprint density at radius 2 is 2.00 bits per heavy atom. The first-order valence-electron chi connectivity index (χ1n) is 7.92. The van der Waals surface area contributed by atoms with Crippen LogP contribution in [-0.4, -0.2) is 31.1 Å². The highest BCUT2D eigenvalue weighted by Gasteiger charge is 2.29. The Morgan fingerprint density at radius 3 is 2.69 bits per heavy atom. The van der Waals surface area contributed by atoms with E-state index in [-0.39, 0.29) is 33.9 Å². The number of carbonyl (C=O) groups is 1. The van der Waals surface area contributed by atoms with E-state index in [1.54, 1.807) is 24.3 Å². The van der Waals surface area contributed by atoms with Gasteiger partial charge in [-0.25, -0.2) is 17.6 Å². The van der Waals surface area contributed by atoms with Crippen molar-refractivity contribution in [2.24, 2.45) is 0 Å². The smallest absolute Gasteiger partial charge is 0.339 e. The molecule has 0 amide bonds. The van der Waals surface area contributed by atoms with Gasteiger partial charge < -0.3 is 4.74 Å². The summed E-state index contributed by atoms with van der Waals surface area (Å²) in [6.07, 6.45) is 0.557. The lowest BCUT2D eigenvalue weighted by atomic mass is 10.2. The van der Waals surface area contributed by atoms with Crippen molar-refractivity contribution in [1.29, 1.82) is 0 Å². The van der Waals surface area contributed by atoms with E-state index < -0.39 is 21.6 Å². The number of thioether (sulfide) groups is 1. The molecular formula is C18H16ClFO4S2. The number of rotatable bonds is 5. The van der Waals surface area contributed by atoms with E-state index >= 15 is 0 Å². The molecule has 1 aliphatic heterocycles. The molecule has 138 valence electrons. The molecular weight excluding hydrogens is 399 g/mol. The van der Waals surface area contributed by atoms with Crippen LogP contribution < -0.4 is 0 Å². The predicted octanol–water partition coefficient (Wildman–Crippen LogP) is 4.12. The zero-order chi connectivity index (χ0) is 18.7. The molecule has 2 aromatic rings. The van der Waals surface area contributed by atoms with Crippen molar-refractivity contribution in [3.8, 4) is 0 Å². The molecule has 0 aliphatic carbocycles. The lowest BCUT2D eigenvalue weighted by Gasteiger charge is -2.13. The van der Waals surface area contributed by atoms with Crippen molar-refractivity contribution in [3.63, 3.8) is 0 Å². The van der Waals surface area contributed by atoms with Gasteiger partial charge in [0, 0.05) is 15.7 Å². The Kier molecular flexibility index (Phi) is 5.89. The molecule has 1 aliphatic rings. The van der Waals surface area contributed by atoms with E-state index in [4.69, 9.17) is 16.3 Å². The molecule has 2 aromatic carbocycles. The largest absolute Gasteiger partial charge is 0.457 e. The molecule has 0 aromatic heterocycles. The standard InChI is InChI=1S/C18H16ClFO4S2/c19-15-5-3-6-16(20)14(15)10-24-18(21)13-4-1-2-7-17(13)25-12-8-9-26(22,23)11-12/h1-7,12H,8-11H2/t12-/m1/s1. The minimum atomic E-state index is -3.00. The van der Waals surface area contributed by atoms with Crippen LogP contribution in [0.4, 0.5) is 4.39 Å². The van der Waals surface area contributed by atoms with Gasteiger partial charge in [0.1, 0.15) is 12.4 Å². The first-order valence-corrected chi connectivity index (χ1v) is 11.0. The lowest BCUT2D eigenvalue weighted by molar-refractivity contribution is 0.0465. The highest BCUT2D eigenvalue weighted by atomic mass is 35.5. The molecule has 26 heavy (non-hydrogen) atoms. The molecule has 8 heteroatoms. The van der Waals surface area contributed by atoms with Crippen molar-refractivity contribution in [2.75, 3.05) is 11.5 Å². The average molecular weight is 415 g/mol. The first kappa shape index (κ1) is 19.2. The van der Waals surface area contributed by atoms with Crippen LogP contribution in [0, 0.1) is 5.82 Å². The fourth-order valence-corrected chi connectivity index (χ4v) is 6.49. The average Bonchev–Trinajstić information content (AvgIpc) is 2.93. The van der Waals surface area contributed by atoms with Gasteiger partial charge in [0.2, 0.25) is 0 Å². The molecule has 0 radical (unpaired) electrons. The zero-order valence-corrected chi connectivity index (χ0v) is 16.0. The Morgan fingerprint density at radius 1 is 1.23 bits per heavy atom. The number of halogens is 2. The second kappa shape index (κ2) is 7.98. The normalized spacial score (nSPS) is 18.6. The maximum Gasteiger partial charge on any atom is 0.339 e. The summed E-state index contributed by atoms with van der Waals surface area (Å²) in [6, 6.07) is 11.1. The van der Waals surface area contributed by atoms with Gasteiger partial charge in [0.15, 0.2) is 9.84 Å². The summed E-state index contributed by atoms with van der Waals surface area (Å²) in [6.45, 7) is -0.277. The van der Waals surface area contributed by atoms with Crippen LogP contribution in [0.25, 0.3) is 0 Å². The number of hydrogen-bond acceptors (Lipinski definition) is 5. The predicted molar refractivity (Wildman–Crippen MR) is 99.9 cm³/mol. The van der Waals surface area contributed by atoms with Crippen molar-refractivity contribution in [2.45, 2.75) is 23.2 Å². The van der Waals surface area contributed by atoms with Crippen molar-refractivity contribution in [3.05, 3.63) is 64.4 Å². The van der Waals surface area contributed by atoms with E-state index in [1.807, 2.05) is 0 Å². The topological polar surface area (TPSA) is 60.4 Å². The maximum absolute atomic E-state index is 13.8. The third kappa shape index (κ3) is 4.58. The molecule has 3 rings (SSSR count).